The minimum Gasteiger partial charge on any atom is -0.510 e. The Labute approximate surface area is 189 Å². The van der Waals surface area contributed by atoms with Crippen molar-refractivity contribution in [1.29, 1.82) is 0 Å². The lowest BCUT2D eigenvalue weighted by atomic mass is 9.58. The molecule has 1 amide bonds. The zero-order valence-electron chi connectivity index (χ0n) is 18.5. The third kappa shape index (κ3) is 3.01. The molecule has 0 fully saturated rings. The number of nitrogens with zero attached hydrogens (tertiary/aromatic N) is 1. The number of primary amides is 1. The van der Waals surface area contributed by atoms with Crippen molar-refractivity contribution in [2.75, 3.05) is 21.2 Å². The Bertz CT molecular complexity index is 1150. The number of Topliss-reactive ketones (excluding diaryl/α,β-unsaturated/α-hetero) is 2. The van der Waals surface area contributed by atoms with E-state index in [1.807, 2.05) is 0 Å². The van der Waals surface area contributed by atoms with E-state index in [2.05, 4.69) is 0 Å². The molecule has 3 aliphatic carbocycles. The number of benzene rings is 1. The monoisotopic (exact) mass is 458 g/mol. The first-order chi connectivity index (χ1) is 15.5. The number of rotatable bonds is 4. The van der Waals surface area contributed by atoms with Gasteiger partial charge in [-0.05, 0) is 50.0 Å². The van der Waals surface area contributed by atoms with Gasteiger partial charge in [0.25, 0.3) is 5.91 Å². The number of aliphatic hydroxyl groups is 3. The van der Waals surface area contributed by atoms with Gasteiger partial charge < -0.3 is 30.9 Å². The minimum atomic E-state index is -2.63. The first-order valence-electron chi connectivity index (χ1n) is 10.4. The number of ketones is 2. The molecule has 6 N–H and O–H groups in total. The van der Waals surface area contributed by atoms with Crippen molar-refractivity contribution in [2.45, 2.75) is 31.1 Å². The molecular weight excluding hydrogens is 432 g/mol. The lowest BCUT2D eigenvalue weighted by molar-refractivity contribution is -0.148. The summed E-state index contributed by atoms with van der Waals surface area (Å²) < 4.78 is 5.21. The molecule has 1 aromatic carbocycles. The van der Waals surface area contributed by atoms with Crippen molar-refractivity contribution in [3.8, 4) is 5.75 Å². The number of phenols is 1. The van der Waals surface area contributed by atoms with Crippen LogP contribution in [-0.2, 0) is 27.4 Å². The quantitative estimate of drug-likeness (QED) is 0.397. The normalized spacial score (nSPS) is 29.2. The van der Waals surface area contributed by atoms with Gasteiger partial charge in [0, 0.05) is 18.6 Å². The molecule has 4 rings (SSSR count). The van der Waals surface area contributed by atoms with Crippen LogP contribution in [0, 0.1) is 11.8 Å². The van der Waals surface area contributed by atoms with Crippen molar-refractivity contribution in [2.24, 2.45) is 17.6 Å². The predicted molar refractivity (Wildman–Crippen MR) is 114 cm³/mol. The average Bonchev–Trinajstić information content (AvgIpc) is 2.72. The fraction of sp³-hybridized carbons (Fsp3) is 0.435. The molecule has 33 heavy (non-hydrogen) atoms. The maximum absolute atomic E-state index is 13.5. The van der Waals surface area contributed by atoms with E-state index in [-0.39, 0.29) is 36.3 Å². The molecule has 3 aliphatic rings. The number of aromatic hydroxyl groups is 1. The molecule has 0 heterocycles. The number of methoxy groups -OCH3 is 1. The van der Waals surface area contributed by atoms with Crippen LogP contribution in [0.25, 0.3) is 0 Å². The summed E-state index contributed by atoms with van der Waals surface area (Å²) in [5, 5.41) is 43.8. The summed E-state index contributed by atoms with van der Waals surface area (Å²) in [6, 6.07) is 1.99. The van der Waals surface area contributed by atoms with Gasteiger partial charge in [-0.3, -0.25) is 19.3 Å². The molecule has 0 radical (unpaired) electrons. The third-order valence-electron chi connectivity index (χ3n) is 7.00. The summed E-state index contributed by atoms with van der Waals surface area (Å²) in [5.74, 6) is -6.63. The van der Waals surface area contributed by atoms with Crippen molar-refractivity contribution in [1.82, 2.24) is 4.90 Å². The molecule has 10 heteroatoms. The van der Waals surface area contributed by atoms with E-state index in [4.69, 9.17) is 10.5 Å². The second-order valence-corrected chi connectivity index (χ2v) is 8.99. The summed E-state index contributed by atoms with van der Waals surface area (Å²) in [6.45, 7) is 0.200. The summed E-state index contributed by atoms with van der Waals surface area (Å²) in [7, 11) is 4.67. The molecule has 0 saturated carbocycles. The number of fused-ring (bicyclic) bond motifs is 3. The number of nitrogens with two attached hydrogens (primary N) is 1. The van der Waals surface area contributed by atoms with Crippen LogP contribution < -0.4 is 5.73 Å². The van der Waals surface area contributed by atoms with E-state index in [9.17, 15) is 34.8 Å². The number of likely N-dealkylation sites (N-methyl/N-ethyl adjacent to an activating group) is 1. The number of ether oxygens (including phenoxy) is 1. The van der Waals surface area contributed by atoms with E-state index in [1.165, 1.54) is 18.1 Å². The van der Waals surface area contributed by atoms with Gasteiger partial charge in [0.15, 0.2) is 11.4 Å². The minimum absolute atomic E-state index is 0.0228. The predicted octanol–water partition coefficient (Wildman–Crippen LogP) is 0.267. The molecule has 10 nitrogen and oxygen atoms in total. The third-order valence-corrected chi connectivity index (χ3v) is 7.00. The van der Waals surface area contributed by atoms with Crippen LogP contribution in [0.5, 0.6) is 5.75 Å². The van der Waals surface area contributed by atoms with Crippen LogP contribution in [-0.4, -0.2) is 75.6 Å². The van der Waals surface area contributed by atoms with Crippen LogP contribution in [0.1, 0.15) is 27.9 Å². The van der Waals surface area contributed by atoms with Gasteiger partial charge in [-0.1, -0.05) is 6.07 Å². The molecule has 0 aromatic heterocycles. The zero-order chi connectivity index (χ0) is 24.4. The number of amides is 1. The SMILES string of the molecule is COCc1ccc(O)c2c1C[C@@H]1C[C@@H]3C(N(C)C)C(O)=C(C(N)=O)C(=O)[C@]3(O)C(O)=C1C2=O. The van der Waals surface area contributed by atoms with Crippen molar-refractivity contribution in [3.05, 3.63) is 51.5 Å². The van der Waals surface area contributed by atoms with Crippen LogP contribution in [0.4, 0.5) is 0 Å². The number of carbonyl (C=O) groups is 3. The van der Waals surface area contributed by atoms with Gasteiger partial charge in [0.05, 0.1) is 18.2 Å². The molecule has 176 valence electrons. The summed E-state index contributed by atoms with van der Waals surface area (Å²) in [6.07, 6.45) is 0.287. The Morgan fingerprint density at radius 1 is 1.24 bits per heavy atom. The van der Waals surface area contributed by atoms with E-state index in [1.54, 1.807) is 20.2 Å². The number of phenolic OH excluding ortho intramolecular Hbond substituents is 1. The van der Waals surface area contributed by atoms with Gasteiger partial charge in [-0.15, -0.1) is 0 Å². The number of hydrogen-bond donors (Lipinski definition) is 5. The number of allylic oxidation sites excluding steroid dienone is 1. The second kappa shape index (κ2) is 7.68. The van der Waals surface area contributed by atoms with Crippen LogP contribution in [0.3, 0.4) is 0 Å². The fourth-order valence-corrected chi connectivity index (χ4v) is 5.61. The lowest BCUT2D eigenvalue weighted by Gasteiger charge is -2.50. The van der Waals surface area contributed by atoms with E-state index in [0.717, 1.165) is 0 Å². The Kier molecular flexibility index (Phi) is 5.35. The Balaban J connectivity index is 1.96. The highest BCUT2D eigenvalue weighted by Crippen LogP contribution is 2.52. The second-order valence-electron chi connectivity index (χ2n) is 8.99. The standard InChI is InChI=1S/C23H26N2O8/c1-25(2)17-12-7-10-6-11-9(8-33-3)4-5-13(26)15(11)18(27)14(10)20(29)23(12,32)21(30)16(19(17)28)22(24)31/h4-5,10,12,17,26,28-29,32H,6-8H2,1-3H3,(H2,24,31)/t10-,12-,17?,23-/m1/s1. The van der Waals surface area contributed by atoms with E-state index in [0.29, 0.717) is 11.1 Å². The largest absolute Gasteiger partial charge is 0.510 e. The number of hydrogen-bond acceptors (Lipinski definition) is 9. The molecule has 0 aliphatic heterocycles. The van der Waals surface area contributed by atoms with Gasteiger partial charge in [-0.25, -0.2) is 0 Å². The summed E-state index contributed by atoms with van der Waals surface area (Å²) in [5.41, 5.74) is 2.90. The van der Waals surface area contributed by atoms with Gasteiger partial charge in [0.1, 0.15) is 22.8 Å². The van der Waals surface area contributed by atoms with E-state index >= 15 is 0 Å². The average molecular weight is 458 g/mol. The van der Waals surface area contributed by atoms with Crippen molar-refractivity contribution < 1.29 is 39.5 Å². The molecular formula is C23H26N2O8. The van der Waals surface area contributed by atoms with E-state index < -0.39 is 58.0 Å². The Morgan fingerprint density at radius 2 is 1.91 bits per heavy atom. The highest BCUT2D eigenvalue weighted by molar-refractivity contribution is 6.24. The van der Waals surface area contributed by atoms with Gasteiger partial charge >= 0.3 is 0 Å². The molecule has 0 spiro atoms. The Hall–Kier alpha value is -3.21. The number of carbonyl (C=O) groups excluding carboxylic acids is 3. The van der Waals surface area contributed by atoms with Crippen LogP contribution in [0.2, 0.25) is 0 Å². The topological polar surface area (TPSA) is 171 Å². The highest BCUT2D eigenvalue weighted by Gasteiger charge is 2.63. The maximum atomic E-state index is 13.5. The summed E-state index contributed by atoms with van der Waals surface area (Å²) >= 11 is 0. The number of aliphatic hydroxyl groups excluding tert-OH is 2. The van der Waals surface area contributed by atoms with Gasteiger partial charge in [-0.2, -0.15) is 0 Å². The smallest absolute Gasteiger partial charge is 0.255 e. The molecule has 1 aromatic rings. The van der Waals surface area contributed by atoms with Crippen LogP contribution >= 0.6 is 0 Å². The fourth-order valence-electron chi connectivity index (χ4n) is 5.61. The van der Waals surface area contributed by atoms with Crippen molar-refractivity contribution >= 4 is 17.5 Å². The maximum Gasteiger partial charge on any atom is 0.255 e. The molecule has 0 bridgehead atoms. The first-order valence-corrected chi connectivity index (χ1v) is 10.4. The van der Waals surface area contributed by atoms with Crippen LogP contribution in [0.15, 0.2) is 34.8 Å². The van der Waals surface area contributed by atoms with Crippen molar-refractivity contribution in [3.63, 3.8) is 0 Å². The lowest BCUT2D eigenvalue weighted by Crippen LogP contribution is -2.63. The molecule has 0 saturated heterocycles. The van der Waals surface area contributed by atoms with Gasteiger partial charge in [0.2, 0.25) is 5.78 Å². The zero-order valence-corrected chi connectivity index (χ0v) is 18.5. The Morgan fingerprint density at radius 3 is 2.48 bits per heavy atom. The molecule has 4 atom stereocenters. The molecule has 1 unspecified atom stereocenters. The highest BCUT2D eigenvalue weighted by atomic mass is 16.5. The summed E-state index contributed by atoms with van der Waals surface area (Å²) in [4.78, 5) is 40.1. The first kappa shape index (κ1) is 23.0.